The molecule has 0 aliphatic heterocycles. The topological polar surface area (TPSA) is 132 Å². The predicted octanol–water partition coefficient (Wildman–Crippen LogP) is 6.36. The maximum atomic E-state index is 13.5. The zero-order valence-electron chi connectivity index (χ0n) is 26.8. The Balaban J connectivity index is 1.32. The molecule has 0 heterocycles. The largest absolute Gasteiger partial charge is 0.508 e. The highest BCUT2D eigenvalue weighted by atomic mass is 16.6. The highest BCUT2D eigenvalue weighted by Crippen LogP contribution is 2.47. The van der Waals surface area contributed by atoms with Gasteiger partial charge < -0.3 is 34.3 Å². The van der Waals surface area contributed by atoms with E-state index in [1.54, 1.807) is 24.3 Å². The lowest BCUT2D eigenvalue weighted by atomic mass is 9.66. The zero-order valence-corrected chi connectivity index (χ0v) is 26.8. The van der Waals surface area contributed by atoms with Crippen molar-refractivity contribution in [2.75, 3.05) is 14.2 Å². The van der Waals surface area contributed by atoms with E-state index in [1.165, 1.54) is 21.1 Å². The van der Waals surface area contributed by atoms with Crippen molar-refractivity contribution >= 4 is 22.7 Å². The van der Waals surface area contributed by atoms with E-state index in [-0.39, 0.29) is 47.4 Å². The van der Waals surface area contributed by atoms with Crippen LogP contribution in [0.4, 0.5) is 0 Å². The van der Waals surface area contributed by atoms with Gasteiger partial charge >= 0.3 is 11.9 Å². The van der Waals surface area contributed by atoms with Gasteiger partial charge in [0, 0.05) is 19.3 Å². The van der Waals surface area contributed by atoms with E-state index in [4.69, 9.17) is 18.9 Å². The van der Waals surface area contributed by atoms with Gasteiger partial charge in [-0.25, -0.2) is 0 Å². The molecule has 47 heavy (non-hydrogen) atoms. The van der Waals surface area contributed by atoms with Gasteiger partial charge in [0.15, 0.2) is 23.0 Å². The van der Waals surface area contributed by atoms with Crippen LogP contribution >= 0.6 is 0 Å². The summed E-state index contributed by atoms with van der Waals surface area (Å²) < 4.78 is 23.0. The third-order valence-electron chi connectivity index (χ3n) is 9.68. The number of benzene rings is 4. The van der Waals surface area contributed by atoms with Crippen LogP contribution in [0, 0.1) is 11.8 Å². The molecular weight excluding hydrogens is 600 g/mol. The Morgan fingerprint density at radius 3 is 2.23 bits per heavy atom. The fourth-order valence-corrected chi connectivity index (χ4v) is 7.51. The van der Waals surface area contributed by atoms with Gasteiger partial charge in [0.05, 0.1) is 20.6 Å². The monoisotopic (exact) mass is 640 g/mol. The summed E-state index contributed by atoms with van der Waals surface area (Å²) in [5, 5.41) is 32.4. The molecule has 0 radical (unpaired) electrons. The van der Waals surface area contributed by atoms with Crippen LogP contribution < -0.4 is 9.47 Å². The third kappa shape index (κ3) is 7.09. The normalized spacial score (nSPS) is 22.2. The zero-order chi connectivity index (χ0) is 33.2. The molecule has 0 saturated heterocycles. The second-order valence-corrected chi connectivity index (χ2v) is 12.8. The number of phenols is 3. The molecule has 0 bridgehead atoms. The van der Waals surface area contributed by atoms with Gasteiger partial charge in [0.1, 0.15) is 18.0 Å². The third-order valence-corrected chi connectivity index (χ3v) is 9.68. The number of rotatable bonds is 7. The van der Waals surface area contributed by atoms with E-state index < -0.39 is 18.2 Å². The van der Waals surface area contributed by atoms with E-state index in [1.807, 2.05) is 42.5 Å². The quantitative estimate of drug-likeness (QED) is 0.198. The first-order valence-electron chi connectivity index (χ1n) is 15.9. The number of hydrogen-bond donors (Lipinski definition) is 3. The minimum Gasteiger partial charge on any atom is -0.508 e. The first-order valence-corrected chi connectivity index (χ1v) is 15.9. The number of aromatic hydroxyl groups is 3. The average molecular weight is 641 g/mol. The van der Waals surface area contributed by atoms with Crippen molar-refractivity contribution in [2.24, 2.45) is 11.8 Å². The van der Waals surface area contributed by atoms with Crippen molar-refractivity contribution in [3.05, 3.63) is 89.0 Å². The summed E-state index contributed by atoms with van der Waals surface area (Å²) in [5.74, 6) is 0.250. The van der Waals surface area contributed by atoms with Gasteiger partial charge in [-0.3, -0.25) is 9.59 Å². The van der Waals surface area contributed by atoms with Crippen LogP contribution in [0.2, 0.25) is 0 Å². The summed E-state index contributed by atoms with van der Waals surface area (Å²) in [4.78, 5) is 25.9. The summed E-state index contributed by atoms with van der Waals surface area (Å²) in [5.41, 5.74) is 3.80. The molecule has 6 rings (SSSR count). The van der Waals surface area contributed by atoms with Gasteiger partial charge in [-0.05, 0) is 107 Å². The molecule has 9 heteroatoms. The number of carbonyl (C=O) groups excluding carboxylic acids is 2. The first kappa shape index (κ1) is 32.0. The number of carbonyl (C=O) groups is 2. The lowest BCUT2D eigenvalue weighted by Crippen LogP contribution is -2.43. The van der Waals surface area contributed by atoms with Gasteiger partial charge in [0.2, 0.25) is 0 Å². The van der Waals surface area contributed by atoms with Crippen LogP contribution in [0.5, 0.6) is 28.7 Å². The number of methoxy groups -OCH3 is 2. The molecule has 2 aliphatic rings. The van der Waals surface area contributed by atoms with Crippen molar-refractivity contribution in [1.82, 2.24) is 0 Å². The molecule has 2 aliphatic carbocycles. The number of ether oxygens (including phenoxy) is 4. The molecule has 5 atom stereocenters. The summed E-state index contributed by atoms with van der Waals surface area (Å²) in [7, 11) is 3.03. The summed E-state index contributed by atoms with van der Waals surface area (Å²) in [6.45, 7) is 1.40. The minimum atomic E-state index is -0.550. The summed E-state index contributed by atoms with van der Waals surface area (Å²) in [6.07, 6.45) is 1.81. The molecule has 3 N–H and O–H groups in total. The first-order chi connectivity index (χ1) is 22.6. The highest BCUT2D eigenvalue weighted by molar-refractivity contribution is 5.85. The summed E-state index contributed by atoms with van der Waals surface area (Å²) >= 11 is 0. The molecule has 0 aromatic heterocycles. The van der Waals surface area contributed by atoms with E-state index in [2.05, 4.69) is 0 Å². The number of fused-ring (bicyclic) bond motifs is 3. The maximum Gasteiger partial charge on any atom is 0.310 e. The molecule has 4 aromatic rings. The van der Waals surface area contributed by atoms with Gasteiger partial charge in [0.25, 0.3) is 0 Å². The van der Waals surface area contributed by atoms with Gasteiger partial charge in [-0.15, -0.1) is 0 Å². The van der Waals surface area contributed by atoms with Crippen LogP contribution in [0.15, 0.2) is 66.7 Å². The lowest BCUT2D eigenvalue weighted by Gasteiger charge is -2.43. The smallest absolute Gasteiger partial charge is 0.310 e. The molecule has 0 spiro atoms. The molecule has 4 aromatic carbocycles. The molecule has 9 nitrogen and oxygen atoms in total. The van der Waals surface area contributed by atoms with E-state index in [9.17, 15) is 24.9 Å². The Bertz CT molecular complexity index is 1800. The molecule has 1 fully saturated rings. The SMILES string of the molecule is COc1cc([C@@H]2C[C@H](OC(=O)Cc3ccc4cc(O)ccc4c3)C[C@H](OC(C)=O)[C@H]3Cc4cc(OC)c(O)cc4C[C@@H]3C2)ccc1O. The van der Waals surface area contributed by atoms with Crippen LogP contribution in [0.25, 0.3) is 10.8 Å². The van der Waals surface area contributed by atoms with Crippen molar-refractivity contribution in [3.8, 4) is 28.7 Å². The Morgan fingerprint density at radius 2 is 1.47 bits per heavy atom. The average Bonchev–Trinajstić information content (AvgIpc) is 3.03. The molecule has 246 valence electrons. The maximum absolute atomic E-state index is 13.5. The van der Waals surface area contributed by atoms with Crippen molar-refractivity contribution in [2.45, 2.75) is 63.6 Å². The van der Waals surface area contributed by atoms with E-state index >= 15 is 0 Å². The van der Waals surface area contributed by atoms with Gasteiger partial charge in [-0.2, -0.15) is 0 Å². The Hall–Kier alpha value is -4.92. The predicted molar refractivity (Wildman–Crippen MR) is 175 cm³/mol. The Morgan fingerprint density at radius 1 is 0.745 bits per heavy atom. The van der Waals surface area contributed by atoms with Crippen molar-refractivity contribution < 1.29 is 43.9 Å². The van der Waals surface area contributed by atoms with Crippen molar-refractivity contribution in [1.29, 1.82) is 0 Å². The standard InChI is InChI=1S/C38H40O9/c1-21(39)46-35-20-31(47-38(43)11-22-4-5-24-14-30(40)8-6-23(24)10-22)15-26(25-7-9-33(41)36(18-25)44-2)12-29-13-27-17-34(42)37(45-3)19-28(27)16-32(29)35/h4-10,14,17-19,26,29,31-32,35,40-42H,11-13,15-16,20H2,1-3H3/t26-,29-,31-,32-,35-/m0/s1. The van der Waals surface area contributed by atoms with Crippen molar-refractivity contribution in [3.63, 3.8) is 0 Å². The second-order valence-electron chi connectivity index (χ2n) is 12.8. The Labute approximate surface area is 273 Å². The van der Waals surface area contributed by atoms with Crippen LogP contribution in [-0.4, -0.2) is 53.7 Å². The van der Waals surface area contributed by atoms with Crippen LogP contribution in [-0.2, 0) is 38.3 Å². The van der Waals surface area contributed by atoms with Crippen LogP contribution in [0.3, 0.4) is 0 Å². The second kappa shape index (κ2) is 13.4. The summed E-state index contributed by atoms with van der Waals surface area (Å²) in [6, 6.07) is 19.7. The Kier molecular flexibility index (Phi) is 9.16. The van der Waals surface area contributed by atoms with E-state index in [0.717, 1.165) is 33.0 Å². The fraction of sp³-hybridized carbons (Fsp3) is 0.368. The van der Waals surface area contributed by atoms with Crippen LogP contribution in [0.1, 0.15) is 54.4 Å². The van der Waals surface area contributed by atoms with E-state index in [0.29, 0.717) is 43.6 Å². The van der Waals surface area contributed by atoms with Gasteiger partial charge in [-0.1, -0.05) is 30.3 Å². The molecule has 0 unspecified atom stereocenters. The number of hydrogen-bond acceptors (Lipinski definition) is 9. The molecule has 0 amide bonds. The number of esters is 2. The molecular formula is C38H40O9. The number of phenolic OH excluding ortho intramolecular Hbond substituents is 3. The lowest BCUT2D eigenvalue weighted by molar-refractivity contribution is -0.159. The minimum absolute atomic E-state index is 0.0412. The fourth-order valence-electron chi connectivity index (χ4n) is 7.51. The highest BCUT2D eigenvalue weighted by Gasteiger charge is 2.42. The molecule has 1 saturated carbocycles.